The monoisotopic (exact) mass is 370 g/mol. The molecule has 0 aromatic carbocycles. The maximum absolute atomic E-state index is 12.9. The van der Waals surface area contributed by atoms with Crippen LogP contribution in [0.25, 0.3) is 0 Å². The molecule has 0 spiro atoms. The van der Waals surface area contributed by atoms with Crippen LogP contribution in [0.15, 0.2) is 24.4 Å². The molecule has 27 heavy (non-hydrogen) atoms. The highest BCUT2D eigenvalue weighted by molar-refractivity contribution is 5.76. The maximum Gasteiger partial charge on any atom is 0.222 e. The normalized spacial score (nSPS) is 28.3. The lowest BCUT2D eigenvalue weighted by Crippen LogP contribution is -2.43. The van der Waals surface area contributed by atoms with E-state index < -0.39 is 0 Å². The molecule has 4 rings (SSSR count). The Labute approximate surface area is 163 Å². The molecular formula is C22H34N4O. The lowest BCUT2D eigenvalue weighted by Gasteiger charge is -2.36. The number of rotatable bonds is 6. The van der Waals surface area contributed by atoms with Gasteiger partial charge < -0.3 is 15.1 Å². The van der Waals surface area contributed by atoms with Crippen LogP contribution in [-0.4, -0.2) is 54.1 Å². The Morgan fingerprint density at radius 3 is 2.52 bits per heavy atom. The van der Waals surface area contributed by atoms with Crippen molar-refractivity contribution >= 4 is 11.7 Å². The number of aromatic nitrogens is 1. The summed E-state index contributed by atoms with van der Waals surface area (Å²) in [6.07, 6.45) is 9.94. The quantitative estimate of drug-likeness (QED) is 0.836. The highest BCUT2D eigenvalue weighted by Gasteiger charge is 2.35. The lowest BCUT2D eigenvalue weighted by atomic mass is 9.89. The number of anilines is 1. The van der Waals surface area contributed by atoms with Crippen molar-refractivity contribution in [3.63, 3.8) is 0 Å². The second-order valence-corrected chi connectivity index (χ2v) is 8.73. The minimum atomic E-state index is 0.385. The first kappa shape index (κ1) is 18.7. The number of hydrogen-bond donors (Lipinski definition) is 1. The summed E-state index contributed by atoms with van der Waals surface area (Å²) < 4.78 is 0. The summed E-state index contributed by atoms with van der Waals surface area (Å²) in [6.45, 7) is 6.00. The Balaban J connectivity index is 1.24. The van der Waals surface area contributed by atoms with E-state index in [0.717, 1.165) is 51.3 Å². The van der Waals surface area contributed by atoms with Crippen molar-refractivity contribution in [3.05, 3.63) is 24.4 Å². The van der Waals surface area contributed by atoms with Crippen LogP contribution < -0.4 is 10.2 Å². The molecule has 1 N–H and O–H groups in total. The minimum Gasteiger partial charge on any atom is -0.357 e. The SMILES string of the molecule is CCN(CC1CCN(c2ccccn2)CC1)C(=O)CC1CC2CCC(C1)N2. The number of carbonyl (C=O) groups excluding carboxylic acids is 1. The van der Waals surface area contributed by atoms with Gasteiger partial charge in [0.1, 0.15) is 5.82 Å². The van der Waals surface area contributed by atoms with Crippen LogP contribution in [-0.2, 0) is 4.79 Å². The van der Waals surface area contributed by atoms with Gasteiger partial charge in [-0.25, -0.2) is 4.98 Å². The fourth-order valence-electron chi connectivity index (χ4n) is 5.32. The van der Waals surface area contributed by atoms with Crippen molar-refractivity contribution in [2.75, 3.05) is 31.1 Å². The van der Waals surface area contributed by atoms with Gasteiger partial charge in [0.15, 0.2) is 0 Å². The first-order valence-corrected chi connectivity index (χ1v) is 10.9. The van der Waals surface area contributed by atoms with Crippen LogP contribution in [0.5, 0.6) is 0 Å². The van der Waals surface area contributed by atoms with Gasteiger partial charge in [-0.1, -0.05) is 6.07 Å². The summed E-state index contributed by atoms with van der Waals surface area (Å²) in [6, 6.07) is 7.46. The van der Waals surface area contributed by atoms with Crippen molar-refractivity contribution in [3.8, 4) is 0 Å². The van der Waals surface area contributed by atoms with Crippen LogP contribution >= 0.6 is 0 Å². The highest BCUT2D eigenvalue weighted by Crippen LogP contribution is 2.33. The van der Waals surface area contributed by atoms with E-state index in [1.807, 2.05) is 12.3 Å². The molecule has 0 saturated carbocycles. The fraction of sp³-hybridized carbons (Fsp3) is 0.727. The molecule has 4 heterocycles. The minimum absolute atomic E-state index is 0.385. The Bertz CT molecular complexity index is 602. The third kappa shape index (κ3) is 4.63. The summed E-state index contributed by atoms with van der Waals surface area (Å²) in [5.74, 6) is 2.69. The molecule has 1 aromatic heterocycles. The summed E-state index contributed by atoms with van der Waals surface area (Å²) in [5, 5.41) is 3.69. The summed E-state index contributed by atoms with van der Waals surface area (Å²) in [5.41, 5.74) is 0. The Kier molecular flexibility index (Phi) is 5.96. The van der Waals surface area contributed by atoms with Gasteiger partial charge in [0.05, 0.1) is 0 Å². The molecule has 3 fully saturated rings. The standard InChI is InChI=1S/C22H34N4O/c1-2-25(22(27)15-18-13-19-6-7-20(14-18)24-19)16-17-8-11-26(12-9-17)21-5-3-4-10-23-21/h3-5,10,17-20,24H,2,6-9,11-16H2,1H3. The van der Waals surface area contributed by atoms with E-state index in [9.17, 15) is 4.79 Å². The molecule has 148 valence electrons. The van der Waals surface area contributed by atoms with Crippen LogP contribution in [0, 0.1) is 11.8 Å². The van der Waals surface area contributed by atoms with Gasteiger partial charge >= 0.3 is 0 Å². The molecule has 0 radical (unpaired) electrons. The van der Waals surface area contributed by atoms with Gasteiger partial charge in [0.25, 0.3) is 0 Å². The molecule has 3 aliphatic rings. The van der Waals surface area contributed by atoms with Crippen molar-refractivity contribution in [1.29, 1.82) is 0 Å². The number of nitrogens with one attached hydrogen (secondary N) is 1. The number of amides is 1. The van der Waals surface area contributed by atoms with Crippen molar-refractivity contribution < 1.29 is 4.79 Å². The van der Waals surface area contributed by atoms with Gasteiger partial charge in [-0.3, -0.25) is 4.79 Å². The molecule has 2 atom stereocenters. The van der Waals surface area contributed by atoms with Gasteiger partial charge in [0.2, 0.25) is 5.91 Å². The molecule has 0 aliphatic carbocycles. The van der Waals surface area contributed by atoms with E-state index >= 15 is 0 Å². The predicted octanol–water partition coefficient (Wildman–Crippen LogP) is 3.07. The van der Waals surface area contributed by atoms with Crippen molar-refractivity contribution in [2.24, 2.45) is 11.8 Å². The topological polar surface area (TPSA) is 48.5 Å². The largest absolute Gasteiger partial charge is 0.357 e. The van der Waals surface area contributed by atoms with Crippen molar-refractivity contribution in [2.45, 2.75) is 64.0 Å². The average molecular weight is 371 g/mol. The first-order chi connectivity index (χ1) is 13.2. The number of piperidine rings is 2. The molecule has 5 heteroatoms. The molecule has 2 bridgehead atoms. The second kappa shape index (κ2) is 8.59. The molecule has 2 unspecified atom stereocenters. The van der Waals surface area contributed by atoms with Crippen LogP contribution in [0.1, 0.15) is 51.9 Å². The predicted molar refractivity (Wildman–Crippen MR) is 109 cm³/mol. The zero-order valence-electron chi connectivity index (χ0n) is 16.6. The van der Waals surface area contributed by atoms with Gasteiger partial charge in [-0.05, 0) is 69.4 Å². The Morgan fingerprint density at radius 1 is 1.15 bits per heavy atom. The fourth-order valence-corrected chi connectivity index (χ4v) is 5.32. The van der Waals surface area contributed by atoms with Crippen molar-refractivity contribution in [1.82, 2.24) is 15.2 Å². The molecule has 3 aliphatic heterocycles. The number of carbonyl (C=O) groups is 1. The molecule has 3 saturated heterocycles. The maximum atomic E-state index is 12.9. The lowest BCUT2D eigenvalue weighted by molar-refractivity contribution is -0.133. The zero-order chi connectivity index (χ0) is 18.6. The van der Waals surface area contributed by atoms with E-state index in [-0.39, 0.29) is 0 Å². The van der Waals surface area contributed by atoms with Gasteiger partial charge in [0, 0.05) is 50.9 Å². The molecular weight excluding hydrogens is 336 g/mol. The highest BCUT2D eigenvalue weighted by atomic mass is 16.2. The smallest absolute Gasteiger partial charge is 0.222 e. The number of fused-ring (bicyclic) bond motifs is 2. The number of hydrogen-bond acceptors (Lipinski definition) is 4. The number of nitrogens with zero attached hydrogens (tertiary/aromatic N) is 3. The van der Waals surface area contributed by atoms with E-state index in [1.165, 1.54) is 25.7 Å². The third-order valence-electron chi connectivity index (χ3n) is 6.83. The zero-order valence-corrected chi connectivity index (χ0v) is 16.6. The average Bonchev–Trinajstić information content (AvgIpc) is 3.05. The molecule has 1 aromatic rings. The third-order valence-corrected chi connectivity index (χ3v) is 6.83. The molecule has 1 amide bonds. The summed E-state index contributed by atoms with van der Waals surface area (Å²) >= 11 is 0. The summed E-state index contributed by atoms with van der Waals surface area (Å²) in [7, 11) is 0. The van der Waals surface area contributed by atoms with Gasteiger partial charge in [-0.15, -0.1) is 0 Å². The van der Waals surface area contributed by atoms with E-state index in [1.54, 1.807) is 0 Å². The Hall–Kier alpha value is -1.62. The summed E-state index contributed by atoms with van der Waals surface area (Å²) in [4.78, 5) is 21.9. The van der Waals surface area contributed by atoms with E-state index in [2.05, 4.69) is 39.2 Å². The van der Waals surface area contributed by atoms with Crippen LogP contribution in [0.3, 0.4) is 0 Å². The Morgan fingerprint density at radius 2 is 1.89 bits per heavy atom. The van der Waals surface area contributed by atoms with E-state index in [4.69, 9.17) is 0 Å². The number of pyridine rings is 1. The van der Waals surface area contributed by atoms with Crippen LogP contribution in [0.4, 0.5) is 5.82 Å². The second-order valence-electron chi connectivity index (χ2n) is 8.73. The van der Waals surface area contributed by atoms with Gasteiger partial charge in [-0.2, -0.15) is 0 Å². The molecule has 5 nitrogen and oxygen atoms in total. The van der Waals surface area contributed by atoms with Crippen LogP contribution in [0.2, 0.25) is 0 Å². The van der Waals surface area contributed by atoms with E-state index in [0.29, 0.717) is 29.8 Å². The first-order valence-electron chi connectivity index (χ1n) is 10.9.